The second kappa shape index (κ2) is 6.72. The standard InChI is InChI=1S/C18H16N2O3S/c1-24(21,22)17-9-5-6-14(12-17)20-15-10-11-18(19-13-15)23-16-7-3-2-4-8-16/h2-13,20H,1H3. The molecule has 24 heavy (non-hydrogen) atoms. The quantitative estimate of drug-likeness (QED) is 0.760. The van der Waals surface area contributed by atoms with Crippen molar-refractivity contribution >= 4 is 21.2 Å². The van der Waals surface area contributed by atoms with Crippen LogP contribution in [0.2, 0.25) is 0 Å². The van der Waals surface area contributed by atoms with Gasteiger partial charge in [-0.2, -0.15) is 0 Å². The number of rotatable bonds is 5. The highest BCUT2D eigenvalue weighted by Crippen LogP contribution is 2.23. The van der Waals surface area contributed by atoms with Gasteiger partial charge in [-0.3, -0.25) is 0 Å². The molecular weight excluding hydrogens is 324 g/mol. The van der Waals surface area contributed by atoms with Crippen LogP contribution in [0.3, 0.4) is 0 Å². The lowest BCUT2D eigenvalue weighted by Gasteiger charge is -2.09. The summed E-state index contributed by atoms with van der Waals surface area (Å²) in [4.78, 5) is 4.51. The molecule has 0 saturated heterocycles. The van der Waals surface area contributed by atoms with Crippen molar-refractivity contribution in [3.8, 4) is 11.6 Å². The molecule has 1 N–H and O–H groups in total. The van der Waals surface area contributed by atoms with Crippen molar-refractivity contribution in [2.75, 3.05) is 11.6 Å². The van der Waals surface area contributed by atoms with E-state index in [4.69, 9.17) is 4.74 Å². The molecule has 3 rings (SSSR count). The molecule has 0 atom stereocenters. The zero-order valence-electron chi connectivity index (χ0n) is 13.0. The van der Waals surface area contributed by atoms with Crippen LogP contribution in [0.25, 0.3) is 0 Å². The molecule has 0 aliphatic carbocycles. The van der Waals surface area contributed by atoms with E-state index in [2.05, 4.69) is 10.3 Å². The summed E-state index contributed by atoms with van der Waals surface area (Å²) in [6.45, 7) is 0. The number of pyridine rings is 1. The molecule has 6 heteroatoms. The molecule has 0 radical (unpaired) electrons. The number of hydrogen-bond donors (Lipinski definition) is 1. The SMILES string of the molecule is CS(=O)(=O)c1cccc(Nc2ccc(Oc3ccccc3)nc2)c1. The van der Waals surface area contributed by atoms with E-state index in [0.29, 0.717) is 17.3 Å². The van der Waals surface area contributed by atoms with E-state index in [0.717, 1.165) is 5.69 Å². The molecule has 0 fully saturated rings. The molecule has 3 aromatic rings. The maximum atomic E-state index is 11.6. The zero-order valence-corrected chi connectivity index (χ0v) is 13.8. The van der Waals surface area contributed by atoms with Crippen molar-refractivity contribution in [2.24, 2.45) is 0 Å². The molecule has 0 amide bonds. The highest BCUT2D eigenvalue weighted by Gasteiger charge is 2.07. The van der Waals surface area contributed by atoms with Gasteiger partial charge in [0, 0.05) is 18.0 Å². The minimum absolute atomic E-state index is 0.268. The van der Waals surface area contributed by atoms with Crippen molar-refractivity contribution in [1.82, 2.24) is 4.98 Å². The molecule has 0 saturated carbocycles. The molecule has 0 bridgehead atoms. The van der Waals surface area contributed by atoms with Crippen LogP contribution in [0.4, 0.5) is 11.4 Å². The van der Waals surface area contributed by atoms with Gasteiger partial charge in [0.1, 0.15) is 5.75 Å². The molecule has 5 nitrogen and oxygen atoms in total. The van der Waals surface area contributed by atoms with Crippen LogP contribution in [-0.2, 0) is 9.84 Å². The average molecular weight is 340 g/mol. The summed E-state index contributed by atoms with van der Waals surface area (Å²) >= 11 is 0. The first-order valence-corrected chi connectivity index (χ1v) is 9.16. The van der Waals surface area contributed by atoms with Crippen molar-refractivity contribution in [3.63, 3.8) is 0 Å². The first-order valence-electron chi connectivity index (χ1n) is 7.27. The first-order chi connectivity index (χ1) is 11.5. The number of sulfone groups is 1. The Bertz CT molecular complexity index is 924. The number of anilines is 2. The van der Waals surface area contributed by atoms with Crippen molar-refractivity contribution in [2.45, 2.75) is 4.90 Å². The molecule has 1 aromatic heterocycles. The second-order valence-corrected chi connectivity index (χ2v) is 7.24. The highest BCUT2D eigenvalue weighted by molar-refractivity contribution is 7.90. The van der Waals surface area contributed by atoms with Gasteiger partial charge in [-0.05, 0) is 36.4 Å². The van der Waals surface area contributed by atoms with E-state index in [-0.39, 0.29) is 4.90 Å². The third-order valence-corrected chi connectivity index (χ3v) is 4.36. The van der Waals surface area contributed by atoms with E-state index >= 15 is 0 Å². The van der Waals surface area contributed by atoms with Crippen LogP contribution in [0.1, 0.15) is 0 Å². The summed E-state index contributed by atoms with van der Waals surface area (Å²) in [5.74, 6) is 1.20. The average Bonchev–Trinajstić information content (AvgIpc) is 2.57. The predicted molar refractivity (Wildman–Crippen MR) is 93.6 cm³/mol. The van der Waals surface area contributed by atoms with Gasteiger partial charge in [-0.25, -0.2) is 13.4 Å². The van der Waals surface area contributed by atoms with E-state index in [1.165, 1.54) is 6.26 Å². The van der Waals surface area contributed by atoms with Crippen molar-refractivity contribution < 1.29 is 13.2 Å². The summed E-state index contributed by atoms with van der Waals surface area (Å²) < 4.78 is 28.8. The Hall–Kier alpha value is -2.86. The van der Waals surface area contributed by atoms with Crippen LogP contribution >= 0.6 is 0 Å². The molecule has 0 aliphatic rings. The third kappa shape index (κ3) is 4.11. The number of para-hydroxylation sites is 1. The number of benzene rings is 2. The molecule has 0 aliphatic heterocycles. The smallest absolute Gasteiger partial charge is 0.219 e. The Morgan fingerprint density at radius 1 is 0.917 bits per heavy atom. The largest absolute Gasteiger partial charge is 0.439 e. The third-order valence-electron chi connectivity index (χ3n) is 3.25. The molecular formula is C18H16N2O3S. The normalized spacial score (nSPS) is 11.0. The minimum Gasteiger partial charge on any atom is -0.439 e. The summed E-state index contributed by atoms with van der Waals surface area (Å²) in [6.07, 6.45) is 2.81. The lowest BCUT2D eigenvalue weighted by Crippen LogP contribution is -1.98. The molecule has 2 aromatic carbocycles. The summed E-state index contributed by atoms with van der Waals surface area (Å²) in [5, 5.41) is 3.12. The maximum absolute atomic E-state index is 11.6. The van der Waals surface area contributed by atoms with E-state index in [1.54, 1.807) is 36.5 Å². The van der Waals surface area contributed by atoms with Gasteiger partial charge in [-0.1, -0.05) is 24.3 Å². The summed E-state index contributed by atoms with van der Waals surface area (Å²) in [6, 6.07) is 19.6. The number of nitrogens with one attached hydrogen (secondary N) is 1. The number of nitrogens with zero attached hydrogens (tertiary/aromatic N) is 1. The Balaban J connectivity index is 1.73. The highest BCUT2D eigenvalue weighted by atomic mass is 32.2. The van der Waals surface area contributed by atoms with Crippen LogP contribution in [0.15, 0.2) is 77.8 Å². The fourth-order valence-corrected chi connectivity index (χ4v) is 2.76. The molecule has 0 unspecified atom stereocenters. The Labute approximate surface area is 140 Å². The van der Waals surface area contributed by atoms with E-state index < -0.39 is 9.84 Å². The Morgan fingerprint density at radius 3 is 2.38 bits per heavy atom. The monoisotopic (exact) mass is 340 g/mol. The fraction of sp³-hybridized carbons (Fsp3) is 0.0556. The number of ether oxygens (including phenoxy) is 1. The van der Waals surface area contributed by atoms with Gasteiger partial charge in [0.2, 0.25) is 5.88 Å². The van der Waals surface area contributed by atoms with Gasteiger partial charge < -0.3 is 10.1 Å². The maximum Gasteiger partial charge on any atom is 0.219 e. The number of hydrogen-bond acceptors (Lipinski definition) is 5. The van der Waals surface area contributed by atoms with Crippen molar-refractivity contribution in [1.29, 1.82) is 0 Å². The lowest BCUT2D eigenvalue weighted by molar-refractivity contribution is 0.463. The Kier molecular flexibility index (Phi) is 4.48. The lowest BCUT2D eigenvalue weighted by atomic mass is 10.3. The molecule has 0 spiro atoms. The number of aromatic nitrogens is 1. The topological polar surface area (TPSA) is 68.3 Å². The van der Waals surface area contributed by atoms with Crippen LogP contribution in [-0.4, -0.2) is 19.7 Å². The van der Waals surface area contributed by atoms with Gasteiger partial charge >= 0.3 is 0 Å². The predicted octanol–water partition coefficient (Wildman–Crippen LogP) is 4.02. The van der Waals surface area contributed by atoms with Gasteiger partial charge in [-0.15, -0.1) is 0 Å². The van der Waals surface area contributed by atoms with Crippen molar-refractivity contribution in [3.05, 3.63) is 72.9 Å². The van der Waals surface area contributed by atoms with Gasteiger partial charge in [0.15, 0.2) is 9.84 Å². The zero-order chi connectivity index (χ0) is 17.0. The van der Waals surface area contributed by atoms with E-state index in [1.807, 2.05) is 36.4 Å². The van der Waals surface area contributed by atoms with Gasteiger partial charge in [0.05, 0.1) is 16.8 Å². The van der Waals surface area contributed by atoms with E-state index in [9.17, 15) is 8.42 Å². The fourth-order valence-electron chi connectivity index (χ4n) is 2.10. The summed E-state index contributed by atoms with van der Waals surface area (Å²) in [5.41, 5.74) is 1.41. The van der Waals surface area contributed by atoms with Gasteiger partial charge in [0.25, 0.3) is 0 Å². The minimum atomic E-state index is -3.23. The van der Waals surface area contributed by atoms with Crippen LogP contribution in [0, 0.1) is 0 Å². The summed E-state index contributed by atoms with van der Waals surface area (Å²) in [7, 11) is -3.23. The Morgan fingerprint density at radius 2 is 1.71 bits per heavy atom. The van der Waals surface area contributed by atoms with Crippen LogP contribution in [0.5, 0.6) is 11.6 Å². The molecule has 1 heterocycles. The van der Waals surface area contributed by atoms with Crippen LogP contribution < -0.4 is 10.1 Å². The molecule has 122 valence electrons. The second-order valence-electron chi connectivity index (χ2n) is 5.23. The first kappa shape index (κ1) is 16.0.